The van der Waals surface area contributed by atoms with Crippen molar-refractivity contribution in [2.24, 2.45) is 0 Å². The maximum absolute atomic E-state index is 13.1. The van der Waals surface area contributed by atoms with Gasteiger partial charge in [0.2, 0.25) is 0 Å². The molecule has 0 bridgehead atoms. The topological polar surface area (TPSA) is 37.8 Å². The Balaban J connectivity index is 1.97. The molecule has 0 radical (unpaired) electrons. The molecule has 3 rings (SSSR count). The Morgan fingerprint density at radius 3 is 2.83 bits per heavy atom. The summed E-state index contributed by atoms with van der Waals surface area (Å²) >= 11 is 1.45. The standard InChI is InChI=1S/C18H14FN3S/c1-2-14-6-4-3-5-7-16-17(22-14)18(21-12-20-16)23-15-10-8-13(19)9-11-15/h1,3-6,8-12,14,22H,7H2/b5-3-,6-4-. The van der Waals surface area contributed by atoms with Gasteiger partial charge < -0.3 is 5.32 Å². The summed E-state index contributed by atoms with van der Waals surface area (Å²) in [6.45, 7) is 0. The van der Waals surface area contributed by atoms with Crippen LogP contribution in [0.15, 0.2) is 64.8 Å². The lowest BCUT2D eigenvalue weighted by atomic mass is 10.2. The van der Waals surface area contributed by atoms with Gasteiger partial charge in [-0.05, 0) is 24.3 Å². The van der Waals surface area contributed by atoms with Crippen molar-refractivity contribution in [3.8, 4) is 12.3 Å². The van der Waals surface area contributed by atoms with Crippen molar-refractivity contribution < 1.29 is 4.39 Å². The molecule has 0 fully saturated rings. The first kappa shape index (κ1) is 15.3. The van der Waals surface area contributed by atoms with Crippen molar-refractivity contribution in [3.63, 3.8) is 0 Å². The lowest BCUT2D eigenvalue weighted by molar-refractivity contribution is 0.626. The van der Waals surface area contributed by atoms with Crippen molar-refractivity contribution in [1.29, 1.82) is 0 Å². The van der Waals surface area contributed by atoms with Crippen molar-refractivity contribution in [2.75, 3.05) is 5.32 Å². The number of allylic oxidation sites excluding steroid dienone is 3. The molecule has 0 saturated carbocycles. The fraction of sp³-hybridized carbons (Fsp3) is 0.111. The highest BCUT2D eigenvalue weighted by Crippen LogP contribution is 2.34. The predicted molar refractivity (Wildman–Crippen MR) is 90.8 cm³/mol. The molecule has 0 aliphatic carbocycles. The second-order valence-corrected chi connectivity index (χ2v) is 5.92. The summed E-state index contributed by atoms with van der Waals surface area (Å²) in [7, 11) is 0. The Bertz CT molecular complexity index is 791. The first-order valence-electron chi connectivity index (χ1n) is 7.09. The number of hydrogen-bond acceptors (Lipinski definition) is 4. The molecule has 1 aromatic carbocycles. The summed E-state index contributed by atoms with van der Waals surface area (Å²) < 4.78 is 13.1. The Hall–Kier alpha value is -2.58. The number of nitrogens with zero attached hydrogens (tertiary/aromatic N) is 2. The summed E-state index contributed by atoms with van der Waals surface area (Å²) in [6, 6.07) is 6.07. The minimum Gasteiger partial charge on any atom is -0.365 e. The van der Waals surface area contributed by atoms with Gasteiger partial charge in [-0.25, -0.2) is 14.4 Å². The molecule has 1 N–H and O–H groups in total. The third kappa shape index (κ3) is 3.79. The maximum atomic E-state index is 13.1. The van der Waals surface area contributed by atoms with E-state index < -0.39 is 0 Å². The molecule has 114 valence electrons. The zero-order valence-electron chi connectivity index (χ0n) is 12.2. The number of anilines is 1. The summed E-state index contributed by atoms with van der Waals surface area (Å²) in [5.74, 6) is 2.43. The molecule has 3 nitrogen and oxygen atoms in total. The van der Waals surface area contributed by atoms with Crippen LogP contribution in [-0.2, 0) is 6.42 Å². The van der Waals surface area contributed by atoms with Gasteiger partial charge in [-0.3, -0.25) is 0 Å². The van der Waals surface area contributed by atoms with Crippen LogP contribution in [0.25, 0.3) is 0 Å². The lowest BCUT2D eigenvalue weighted by Crippen LogP contribution is -2.16. The Morgan fingerprint density at radius 2 is 2.04 bits per heavy atom. The average Bonchev–Trinajstić information content (AvgIpc) is 2.67. The van der Waals surface area contributed by atoms with Crippen molar-refractivity contribution in [1.82, 2.24) is 9.97 Å². The Labute approximate surface area is 138 Å². The number of aromatic nitrogens is 2. The van der Waals surface area contributed by atoms with Crippen molar-refractivity contribution in [3.05, 3.63) is 66.4 Å². The molecule has 2 aromatic rings. The average molecular weight is 323 g/mol. The molecule has 1 aliphatic rings. The zero-order valence-corrected chi connectivity index (χ0v) is 13.1. The van der Waals surface area contributed by atoms with Crippen molar-refractivity contribution >= 4 is 17.4 Å². The summed E-state index contributed by atoms with van der Waals surface area (Å²) in [5, 5.41) is 4.08. The first-order chi connectivity index (χ1) is 11.3. The van der Waals surface area contributed by atoms with E-state index in [9.17, 15) is 4.39 Å². The number of benzene rings is 1. The molecule has 0 spiro atoms. The Morgan fingerprint density at radius 1 is 1.22 bits per heavy atom. The molecule has 1 unspecified atom stereocenters. The summed E-state index contributed by atoms with van der Waals surface area (Å²) in [4.78, 5) is 9.61. The van der Waals surface area contributed by atoms with Crippen LogP contribution in [0, 0.1) is 18.2 Å². The number of rotatable bonds is 2. The first-order valence-corrected chi connectivity index (χ1v) is 7.91. The van der Waals surface area contributed by atoms with Crippen LogP contribution >= 0.6 is 11.8 Å². The van der Waals surface area contributed by atoms with E-state index in [-0.39, 0.29) is 11.9 Å². The largest absolute Gasteiger partial charge is 0.365 e. The molecular weight excluding hydrogens is 309 g/mol. The Kier molecular flexibility index (Phi) is 4.74. The molecule has 5 heteroatoms. The zero-order chi connectivity index (χ0) is 16.1. The molecular formula is C18H14FN3S. The van der Waals surface area contributed by atoms with Gasteiger partial charge in [0.15, 0.2) is 0 Å². The minimum atomic E-state index is -0.260. The van der Waals surface area contributed by atoms with E-state index in [2.05, 4.69) is 21.2 Å². The van der Waals surface area contributed by atoms with E-state index in [1.807, 2.05) is 24.3 Å². The number of halogens is 1. The lowest BCUT2D eigenvalue weighted by Gasteiger charge is -2.16. The van der Waals surface area contributed by atoms with Gasteiger partial charge in [-0.2, -0.15) is 0 Å². The van der Waals surface area contributed by atoms with Gasteiger partial charge in [-0.15, -0.1) is 6.42 Å². The van der Waals surface area contributed by atoms with Crippen LogP contribution in [0.5, 0.6) is 0 Å². The number of fused-ring (bicyclic) bond motifs is 1. The molecule has 1 aromatic heterocycles. The van der Waals surface area contributed by atoms with E-state index in [0.29, 0.717) is 6.42 Å². The van der Waals surface area contributed by atoms with Crippen LogP contribution in [0.4, 0.5) is 10.1 Å². The van der Waals surface area contributed by atoms with Crippen LogP contribution in [0.1, 0.15) is 5.69 Å². The SMILES string of the molecule is C#CC1/C=C\C=C/Cc2ncnc(Sc3ccc(F)cc3)c2N1. The predicted octanol–water partition coefficient (Wildman–Crippen LogP) is 3.85. The quantitative estimate of drug-likeness (QED) is 0.673. The summed E-state index contributed by atoms with van der Waals surface area (Å²) in [5.41, 5.74) is 1.70. The monoisotopic (exact) mass is 323 g/mol. The van der Waals surface area contributed by atoms with E-state index in [1.54, 1.807) is 12.1 Å². The second-order valence-electron chi connectivity index (χ2n) is 4.86. The van der Waals surface area contributed by atoms with E-state index in [0.717, 1.165) is 21.3 Å². The third-order valence-electron chi connectivity index (χ3n) is 3.26. The van der Waals surface area contributed by atoms with Gasteiger partial charge in [0.1, 0.15) is 23.2 Å². The second kappa shape index (κ2) is 7.12. The fourth-order valence-electron chi connectivity index (χ4n) is 2.13. The summed E-state index contributed by atoms with van der Waals surface area (Å²) in [6.07, 6.45) is 15.6. The van der Waals surface area contributed by atoms with E-state index in [4.69, 9.17) is 6.42 Å². The van der Waals surface area contributed by atoms with Crippen LogP contribution in [0.2, 0.25) is 0 Å². The molecule has 1 aliphatic heterocycles. The molecule has 23 heavy (non-hydrogen) atoms. The van der Waals surface area contributed by atoms with Crippen LogP contribution in [-0.4, -0.2) is 16.0 Å². The van der Waals surface area contributed by atoms with Crippen LogP contribution in [0.3, 0.4) is 0 Å². The van der Waals surface area contributed by atoms with Gasteiger partial charge in [0.25, 0.3) is 0 Å². The van der Waals surface area contributed by atoms with E-state index in [1.165, 1.54) is 30.2 Å². The number of hydrogen-bond donors (Lipinski definition) is 1. The van der Waals surface area contributed by atoms with Gasteiger partial charge in [0.05, 0.1) is 11.4 Å². The molecule has 0 amide bonds. The van der Waals surface area contributed by atoms with Gasteiger partial charge in [0, 0.05) is 11.3 Å². The van der Waals surface area contributed by atoms with Gasteiger partial charge in [-0.1, -0.05) is 42.0 Å². The number of terminal acetylenes is 1. The fourth-order valence-corrected chi connectivity index (χ4v) is 3.00. The van der Waals surface area contributed by atoms with Crippen LogP contribution < -0.4 is 5.32 Å². The highest BCUT2D eigenvalue weighted by Gasteiger charge is 2.15. The third-order valence-corrected chi connectivity index (χ3v) is 4.27. The normalized spacial score (nSPS) is 19.2. The molecule has 1 atom stereocenters. The van der Waals surface area contributed by atoms with Crippen molar-refractivity contribution in [2.45, 2.75) is 22.4 Å². The highest BCUT2D eigenvalue weighted by atomic mass is 32.2. The molecule has 0 saturated heterocycles. The minimum absolute atomic E-state index is 0.241. The van der Waals surface area contributed by atoms with Gasteiger partial charge >= 0.3 is 0 Å². The van der Waals surface area contributed by atoms with E-state index >= 15 is 0 Å². The number of nitrogens with one attached hydrogen (secondary N) is 1. The molecule has 2 heterocycles. The smallest absolute Gasteiger partial charge is 0.128 e. The maximum Gasteiger partial charge on any atom is 0.128 e. The highest BCUT2D eigenvalue weighted by molar-refractivity contribution is 7.99.